The van der Waals surface area contributed by atoms with E-state index in [4.69, 9.17) is 14.2 Å². The fourth-order valence-corrected chi connectivity index (χ4v) is 7.52. The summed E-state index contributed by atoms with van der Waals surface area (Å²) < 4.78 is 16.6. The van der Waals surface area contributed by atoms with Crippen molar-refractivity contribution in [3.63, 3.8) is 0 Å². The summed E-state index contributed by atoms with van der Waals surface area (Å²) in [6.45, 7) is 4.17. The average molecular weight is 892 g/mol. The lowest BCUT2D eigenvalue weighted by atomic mass is 9.99. The van der Waals surface area contributed by atoms with E-state index in [0.29, 0.717) is 19.4 Å². The van der Waals surface area contributed by atoms with Gasteiger partial charge in [0.15, 0.2) is 6.29 Å². The van der Waals surface area contributed by atoms with Crippen LogP contribution in [0.25, 0.3) is 0 Å². The van der Waals surface area contributed by atoms with Crippen molar-refractivity contribution in [3.8, 4) is 0 Å². The molecule has 1 saturated heterocycles. The van der Waals surface area contributed by atoms with Crippen LogP contribution in [0.5, 0.6) is 0 Å². The van der Waals surface area contributed by atoms with Crippen LogP contribution < -0.4 is 5.32 Å². The Bertz CT molecular complexity index is 1190. The number of hydrogen-bond donors (Lipinski definition) is 6. The number of esters is 1. The fourth-order valence-electron chi connectivity index (χ4n) is 7.52. The monoisotopic (exact) mass is 892 g/mol. The fraction of sp³-hybridized carbons (Fsp3) is 0.808. The maximum absolute atomic E-state index is 12.9. The van der Waals surface area contributed by atoms with E-state index in [1.807, 2.05) is 6.08 Å². The lowest BCUT2D eigenvalue weighted by Gasteiger charge is -2.40. The highest BCUT2D eigenvalue weighted by molar-refractivity contribution is 5.76. The topological polar surface area (TPSA) is 175 Å². The number of aliphatic hydroxyl groups is 5. The quantitative estimate of drug-likeness (QED) is 0.0150. The Morgan fingerprint density at radius 3 is 1.67 bits per heavy atom. The molecule has 1 aliphatic rings. The molecule has 0 aromatic carbocycles. The maximum Gasteiger partial charge on any atom is 0.305 e. The second-order valence-electron chi connectivity index (χ2n) is 17.5. The van der Waals surface area contributed by atoms with E-state index in [2.05, 4.69) is 55.6 Å². The molecular weight excluding hydrogens is 799 g/mol. The van der Waals surface area contributed by atoms with Gasteiger partial charge < -0.3 is 45.1 Å². The van der Waals surface area contributed by atoms with Gasteiger partial charge in [0.1, 0.15) is 24.4 Å². The predicted octanol–water partition coefficient (Wildman–Crippen LogP) is 10.2. The molecule has 11 nitrogen and oxygen atoms in total. The molecule has 366 valence electrons. The normalized spacial score (nSPS) is 20.4. The number of aliphatic hydroxyl groups excluding tert-OH is 5. The molecule has 0 radical (unpaired) electrons. The molecular formula is C52H93NO10. The van der Waals surface area contributed by atoms with Gasteiger partial charge in [-0.15, -0.1) is 0 Å². The van der Waals surface area contributed by atoms with Crippen molar-refractivity contribution in [2.45, 2.75) is 249 Å². The second kappa shape index (κ2) is 42.3. The van der Waals surface area contributed by atoms with Crippen molar-refractivity contribution < 1.29 is 49.3 Å². The van der Waals surface area contributed by atoms with Crippen LogP contribution in [0.2, 0.25) is 0 Å². The molecule has 7 atom stereocenters. The number of unbranched alkanes of at least 4 members (excludes halogenated alkanes) is 23. The zero-order valence-electron chi connectivity index (χ0n) is 39.8. The van der Waals surface area contributed by atoms with Crippen LogP contribution in [-0.2, 0) is 23.8 Å². The van der Waals surface area contributed by atoms with Gasteiger partial charge in [-0.2, -0.15) is 0 Å². The van der Waals surface area contributed by atoms with Crippen LogP contribution in [-0.4, -0.2) is 100 Å². The first-order valence-electron chi connectivity index (χ1n) is 25.4. The smallest absolute Gasteiger partial charge is 0.305 e. The minimum atomic E-state index is -1.58. The Hall–Kier alpha value is -2.38. The van der Waals surface area contributed by atoms with Gasteiger partial charge in [0.05, 0.1) is 32.0 Å². The molecule has 11 heteroatoms. The van der Waals surface area contributed by atoms with Crippen molar-refractivity contribution in [2.24, 2.45) is 0 Å². The molecule has 0 aromatic rings. The van der Waals surface area contributed by atoms with Crippen LogP contribution in [0.3, 0.4) is 0 Å². The Kier molecular flexibility index (Phi) is 39.3. The summed E-state index contributed by atoms with van der Waals surface area (Å²) in [4.78, 5) is 24.9. The van der Waals surface area contributed by atoms with Gasteiger partial charge in [0, 0.05) is 12.8 Å². The summed E-state index contributed by atoms with van der Waals surface area (Å²) >= 11 is 0. The van der Waals surface area contributed by atoms with Crippen LogP contribution in [0.1, 0.15) is 206 Å². The summed E-state index contributed by atoms with van der Waals surface area (Å²) in [6, 6.07) is -0.825. The highest BCUT2D eigenvalue weighted by atomic mass is 16.7. The molecule has 63 heavy (non-hydrogen) atoms. The van der Waals surface area contributed by atoms with Crippen LogP contribution >= 0.6 is 0 Å². The third-order valence-electron chi connectivity index (χ3n) is 11.7. The zero-order valence-corrected chi connectivity index (χ0v) is 39.8. The molecule has 0 aromatic heterocycles. The molecule has 0 aliphatic carbocycles. The number of amides is 1. The summed E-state index contributed by atoms with van der Waals surface area (Å²) in [7, 11) is 0. The molecule has 1 rings (SSSR count). The summed E-state index contributed by atoms with van der Waals surface area (Å²) in [5.41, 5.74) is 0. The summed E-state index contributed by atoms with van der Waals surface area (Å²) in [6.07, 6.45) is 40.5. The minimum Gasteiger partial charge on any atom is -0.466 e. The van der Waals surface area contributed by atoms with E-state index >= 15 is 0 Å². The first-order chi connectivity index (χ1) is 30.7. The van der Waals surface area contributed by atoms with Gasteiger partial charge in [-0.3, -0.25) is 9.59 Å². The molecule has 1 aliphatic heterocycles. The van der Waals surface area contributed by atoms with E-state index < -0.39 is 49.5 Å². The van der Waals surface area contributed by atoms with Crippen LogP contribution in [0.15, 0.2) is 48.6 Å². The Morgan fingerprint density at radius 1 is 0.587 bits per heavy atom. The molecule has 0 bridgehead atoms. The number of allylic oxidation sites excluding steroid dienone is 7. The largest absolute Gasteiger partial charge is 0.466 e. The Labute approximate surface area is 383 Å². The number of carbonyl (C=O) groups is 2. The summed E-state index contributed by atoms with van der Waals surface area (Å²) in [5, 5.41) is 54.0. The van der Waals surface area contributed by atoms with E-state index in [-0.39, 0.29) is 18.5 Å². The van der Waals surface area contributed by atoms with Gasteiger partial charge in [-0.05, 0) is 83.5 Å². The van der Waals surface area contributed by atoms with E-state index in [0.717, 1.165) is 103 Å². The third kappa shape index (κ3) is 32.9. The second-order valence-corrected chi connectivity index (χ2v) is 17.5. The van der Waals surface area contributed by atoms with Crippen molar-refractivity contribution in [1.29, 1.82) is 0 Å². The van der Waals surface area contributed by atoms with Crippen molar-refractivity contribution in [2.75, 3.05) is 19.8 Å². The number of hydrogen-bond acceptors (Lipinski definition) is 10. The van der Waals surface area contributed by atoms with Crippen LogP contribution in [0.4, 0.5) is 0 Å². The molecule has 1 fully saturated rings. The molecule has 7 unspecified atom stereocenters. The highest BCUT2D eigenvalue weighted by Gasteiger charge is 2.44. The van der Waals surface area contributed by atoms with Gasteiger partial charge in [-0.1, -0.05) is 159 Å². The maximum atomic E-state index is 12.9. The number of carbonyl (C=O) groups excluding carboxylic acids is 2. The van der Waals surface area contributed by atoms with Gasteiger partial charge in [0.25, 0.3) is 0 Å². The first-order valence-corrected chi connectivity index (χ1v) is 25.4. The van der Waals surface area contributed by atoms with E-state index in [9.17, 15) is 35.1 Å². The van der Waals surface area contributed by atoms with Crippen molar-refractivity contribution >= 4 is 11.9 Å². The lowest BCUT2D eigenvalue weighted by molar-refractivity contribution is -0.302. The van der Waals surface area contributed by atoms with Gasteiger partial charge in [-0.25, -0.2) is 0 Å². The molecule has 0 saturated carbocycles. The van der Waals surface area contributed by atoms with E-state index in [1.165, 1.54) is 77.0 Å². The highest BCUT2D eigenvalue weighted by Crippen LogP contribution is 2.22. The average Bonchev–Trinajstić information content (AvgIpc) is 3.28. The van der Waals surface area contributed by atoms with E-state index in [1.54, 1.807) is 6.08 Å². The predicted molar refractivity (Wildman–Crippen MR) is 255 cm³/mol. The summed E-state index contributed by atoms with van der Waals surface area (Å²) in [5.74, 6) is -0.262. The molecule has 1 heterocycles. The SMILES string of the molecule is CCCC/C=C\CCCCCCCC(=O)OCCCCC/C=C\C=C/CCCCCCCCC(=O)NC(COC1OC(CO)C(O)C(O)C1O)C(O)/C=C/CCCCCCCCC. The number of rotatable bonds is 42. The van der Waals surface area contributed by atoms with Crippen molar-refractivity contribution in [1.82, 2.24) is 5.32 Å². The number of ether oxygens (including phenoxy) is 3. The number of nitrogens with one attached hydrogen (secondary N) is 1. The first kappa shape index (κ1) is 58.6. The lowest BCUT2D eigenvalue weighted by Crippen LogP contribution is -2.60. The Balaban J connectivity index is 2.18. The van der Waals surface area contributed by atoms with Crippen LogP contribution in [0, 0.1) is 0 Å². The minimum absolute atomic E-state index is 0.0534. The Morgan fingerprint density at radius 2 is 1.08 bits per heavy atom. The molecule has 1 amide bonds. The van der Waals surface area contributed by atoms with Gasteiger partial charge >= 0.3 is 5.97 Å². The third-order valence-corrected chi connectivity index (χ3v) is 11.7. The zero-order chi connectivity index (χ0) is 46.0. The molecule has 6 N–H and O–H groups in total. The van der Waals surface area contributed by atoms with Crippen molar-refractivity contribution in [3.05, 3.63) is 48.6 Å². The molecule has 0 spiro atoms. The van der Waals surface area contributed by atoms with Gasteiger partial charge in [0.2, 0.25) is 5.91 Å². The standard InChI is InChI=1S/C52H93NO10/c1-3-5-7-9-11-13-19-24-28-32-36-40-48(57)61-41-37-33-29-25-21-18-16-14-15-17-20-23-27-31-35-39-47(56)53-44(45(55)38-34-30-26-22-12-10-8-6-4-2)43-62-52-51(60)50(59)49(58)46(42-54)63-52/h9,11,14,16,18,21,34,38,44-46,49-52,54-55,58-60H,3-8,10,12-13,15,17,19-20,22-33,35-37,39-43H2,1-2H3,(H,53,56)/b11-9-,16-14-,21-18-,38-34+.